The van der Waals surface area contributed by atoms with Crippen molar-refractivity contribution in [2.24, 2.45) is 0 Å². The molecule has 0 aromatic heterocycles. The average molecular weight is 346 g/mol. The molecule has 0 fully saturated rings. The van der Waals surface area contributed by atoms with Crippen molar-refractivity contribution in [3.8, 4) is 5.75 Å². The first-order valence-corrected chi connectivity index (χ1v) is 6.53. The van der Waals surface area contributed by atoms with Crippen LogP contribution in [0.2, 0.25) is 5.02 Å². The Kier molecular flexibility index (Phi) is 4.17. The number of rotatable bonds is 3. The molecule has 0 saturated carbocycles. The van der Waals surface area contributed by atoms with Crippen molar-refractivity contribution < 1.29 is 9.13 Å². The molecule has 0 aliphatic heterocycles. The van der Waals surface area contributed by atoms with Gasteiger partial charge < -0.3 is 15.8 Å². The van der Waals surface area contributed by atoms with Crippen molar-refractivity contribution in [3.05, 3.63) is 45.6 Å². The molecule has 0 aliphatic carbocycles. The number of ether oxygens (including phenoxy) is 1. The summed E-state index contributed by atoms with van der Waals surface area (Å²) in [6.07, 6.45) is 0. The van der Waals surface area contributed by atoms with E-state index in [2.05, 4.69) is 21.2 Å². The highest BCUT2D eigenvalue weighted by atomic mass is 79.9. The summed E-state index contributed by atoms with van der Waals surface area (Å²) >= 11 is 9.26. The predicted octanol–water partition coefficient (Wildman–Crippen LogP) is 4.58. The van der Waals surface area contributed by atoms with Gasteiger partial charge in [0.1, 0.15) is 11.6 Å². The predicted molar refractivity (Wildman–Crippen MR) is 79.8 cm³/mol. The number of nitrogens with one attached hydrogen (secondary N) is 1. The van der Waals surface area contributed by atoms with E-state index in [4.69, 9.17) is 22.1 Å². The van der Waals surface area contributed by atoms with Gasteiger partial charge in [0, 0.05) is 16.2 Å². The largest absolute Gasteiger partial charge is 0.495 e. The molecule has 0 heterocycles. The van der Waals surface area contributed by atoms with Gasteiger partial charge in [-0.1, -0.05) is 11.6 Å². The summed E-state index contributed by atoms with van der Waals surface area (Å²) in [6, 6.07) is 7.81. The quantitative estimate of drug-likeness (QED) is 0.801. The van der Waals surface area contributed by atoms with E-state index in [1.807, 2.05) is 0 Å². The van der Waals surface area contributed by atoms with Crippen LogP contribution in [-0.2, 0) is 0 Å². The van der Waals surface area contributed by atoms with Crippen LogP contribution in [0.15, 0.2) is 34.8 Å². The second kappa shape index (κ2) is 5.67. The second-order valence-electron chi connectivity index (χ2n) is 3.83. The minimum Gasteiger partial charge on any atom is -0.495 e. The van der Waals surface area contributed by atoms with E-state index in [0.29, 0.717) is 21.6 Å². The van der Waals surface area contributed by atoms with Gasteiger partial charge in [0.25, 0.3) is 0 Å². The molecule has 2 rings (SSSR count). The third-order valence-corrected chi connectivity index (χ3v) is 3.43. The normalized spacial score (nSPS) is 10.3. The van der Waals surface area contributed by atoms with Crippen LogP contribution in [0.4, 0.5) is 21.5 Å². The highest BCUT2D eigenvalue weighted by Crippen LogP contribution is 2.35. The number of hydrogen-bond acceptors (Lipinski definition) is 3. The molecule has 0 bridgehead atoms. The summed E-state index contributed by atoms with van der Waals surface area (Å²) in [5, 5.41) is 3.37. The van der Waals surface area contributed by atoms with Gasteiger partial charge >= 0.3 is 0 Å². The summed E-state index contributed by atoms with van der Waals surface area (Å²) in [4.78, 5) is 0. The summed E-state index contributed by atoms with van der Waals surface area (Å²) in [7, 11) is 1.54. The van der Waals surface area contributed by atoms with Crippen LogP contribution in [0.25, 0.3) is 0 Å². The van der Waals surface area contributed by atoms with Crippen molar-refractivity contribution in [2.45, 2.75) is 0 Å². The van der Waals surface area contributed by atoms with E-state index in [-0.39, 0.29) is 5.02 Å². The maximum atomic E-state index is 13.1. The number of halogens is 3. The zero-order valence-electron chi connectivity index (χ0n) is 10.0. The van der Waals surface area contributed by atoms with Gasteiger partial charge in [0.15, 0.2) is 0 Å². The van der Waals surface area contributed by atoms with Crippen molar-refractivity contribution in [1.82, 2.24) is 0 Å². The fraction of sp³-hybridized carbons (Fsp3) is 0.0769. The lowest BCUT2D eigenvalue weighted by Gasteiger charge is -2.12. The Morgan fingerprint density at radius 1 is 1.32 bits per heavy atom. The van der Waals surface area contributed by atoms with Crippen LogP contribution in [0.3, 0.4) is 0 Å². The lowest BCUT2D eigenvalue weighted by molar-refractivity contribution is 0.417. The maximum Gasteiger partial charge on any atom is 0.143 e. The van der Waals surface area contributed by atoms with Crippen molar-refractivity contribution in [2.75, 3.05) is 18.2 Å². The molecule has 2 aromatic carbocycles. The van der Waals surface area contributed by atoms with Crippen molar-refractivity contribution >= 4 is 44.6 Å². The standard InChI is InChI=1S/C13H11BrClFN2O/c1-19-12-6-8(2-3-11(12)17)18-13-9(14)4-7(16)5-10(13)15/h2-6,18H,17H2,1H3. The Balaban J connectivity index is 2.36. The Bertz CT molecular complexity index is 599. The molecule has 6 heteroatoms. The molecule has 0 saturated heterocycles. The van der Waals surface area contributed by atoms with E-state index in [1.54, 1.807) is 18.2 Å². The summed E-state index contributed by atoms with van der Waals surface area (Å²) in [5.41, 5.74) is 7.59. The Labute approximate surface area is 123 Å². The smallest absolute Gasteiger partial charge is 0.143 e. The van der Waals surface area contributed by atoms with Crippen LogP contribution in [0.5, 0.6) is 5.75 Å². The first-order valence-electron chi connectivity index (χ1n) is 5.36. The molecule has 3 nitrogen and oxygen atoms in total. The number of nitrogen functional groups attached to an aromatic ring is 1. The zero-order valence-corrected chi connectivity index (χ0v) is 12.3. The molecule has 0 atom stereocenters. The molecular weight excluding hydrogens is 335 g/mol. The van der Waals surface area contributed by atoms with E-state index in [9.17, 15) is 4.39 Å². The lowest BCUT2D eigenvalue weighted by atomic mass is 10.2. The third kappa shape index (κ3) is 3.11. The average Bonchev–Trinajstić information content (AvgIpc) is 2.35. The topological polar surface area (TPSA) is 47.3 Å². The number of nitrogens with two attached hydrogens (primary N) is 1. The van der Waals surface area contributed by atoms with E-state index < -0.39 is 5.82 Å². The van der Waals surface area contributed by atoms with Crippen LogP contribution < -0.4 is 15.8 Å². The number of anilines is 3. The zero-order chi connectivity index (χ0) is 14.0. The van der Waals surface area contributed by atoms with E-state index in [0.717, 1.165) is 5.69 Å². The van der Waals surface area contributed by atoms with Gasteiger partial charge in [-0.15, -0.1) is 0 Å². The SMILES string of the molecule is COc1cc(Nc2c(Cl)cc(F)cc2Br)ccc1N. The van der Waals surface area contributed by atoms with Gasteiger partial charge in [-0.3, -0.25) is 0 Å². The fourth-order valence-corrected chi connectivity index (χ4v) is 2.49. The monoisotopic (exact) mass is 344 g/mol. The fourth-order valence-electron chi connectivity index (χ4n) is 1.59. The van der Waals surface area contributed by atoms with Crippen LogP contribution >= 0.6 is 27.5 Å². The highest BCUT2D eigenvalue weighted by molar-refractivity contribution is 9.10. The van der Waals surface area contributed by atoms with Gasteiger partial charge in [0.05, 0.1) is 23.5 Å². The Hall–Kier alpha value is -1.46. The molecule has 0 amide bonds. The van der Waals surface area contributed by atoms with Crippen molar-refractivity contribution in [3.63, 3.8) is 0 Å². The van der Waals surface area contributed by atoms with Gasteiger partial charge in [-0.25, -0.2) is 4.39 Å². The molecule has 2 aromatic rings. The highest BCUT2D eigenvalue weighted by Gasteiger charge is 2.09. The van der Waals surface area contributed by atoms with Crippen LogP contribution in [0.1, 0.15) is 0 Å². The third-order valence-electron chi connectivity index (χ3n) is 2.51. The number of methoxy groups -OCH3 is 1. The minimum absolute atomic E-state index is 0.280. The Morgan fingerprint density at radius 3 is 2.68 bits per heavy atom. The molecule has 0 spiro atoms. The van der Waals surface area contributed by atoms with E-state index >= 15 is 0 Å². The van der Waals surface area contributed by atoms with Crippen LogP contribution in [-0.4, -0.2) is 7.11 Å². The number of benzene rings is 2. The maximum absolute atomic E-state index is 13.1. The lowest BCUT2D eigenvalue weighted by Crippen LogP contribution is -1.97. The molecule has 0 radical (unpaired) electrons. The molecule has 100 valence electrons. The van der Waals surface area contributed by atoms with E-state index in [1.165, 1.54) is 19.2 Å². The molecular formula is C13H11BrClFN2O. The first-order chi connectivity index (χ1) is 9.01. The summed E-state index contributed by atoms with van der Waals surface area (Å²) in [5.74, 6) is 0.150. The number of hydrogen-bond donors (Lipinski definition) is 2. The second-order valence-corrected chi connectivity index (χ2v) is 5.09. The minimum atomic E-state index is -0.405. The molecule has 3 N–H and O–H groups in total. The van der Waals surface area contributed by atoms with Crippen LogP contribution in [0, 0.1) is 5.82 Å². The van der Waals surface area contributed by atoms with Crippen molar-refractivity contribution in [1.29, 1.82) is 0 Å². The van der Waals surface area contributed by atoms with Gasteiger partial charge in [-0.2, -0.15) is 0 Å². The summed E-state index contributed by atoms with van der Waals surface area (Å²) < 4.78 is 18.8. The molecule has 0 aliphatic rings. The van der Waals surface area contributed by atoms with Gasteiger partial charge in [-0.05, 0) is 40.2 Å². The molecule has 0 unspecified atom stereocenters. The van der Waals surface area contributed by atoms with Gasteiger partial charge in [0.2, 0.25) is 0 Å². The first kappa shape index (κ1) is 14.0. The summed E-state index contributed by atoms with van der Waals surface area (Å²) in [6.45, 7) is 0. The Morgan fingerprint density at radius 2 is 2.05 bits per heavy atom. The molecule has 19 heavy (non-hydrogen) atoms.